The summed E-state index contributed by atoms with van der Waals surface area (Å²) in [6.07, 6.45) is 0. The topological polar surface area (TPSA) is 77.1 Å². The first kappa shape index (κ1) is 14.2. The maximum atomic E-state index is 8.87. The molecule has 4 N–H and O–H groups in total. The molecule has 0 bridgehead atoms. The van der Waals surface area contributed by atoms with Gasteiger partial charge in [-0.2, -0.15) is 0 Å². The van der Waals surface area contributed by atoms with Gasteiger partial charge in [-0.25, -0.2) is 5.84 Å². The fourth-order valence-corrected chi connectivity index (χ4v) is 1.83. The Balaban J connectivity index is 2.42. The lowest BCUT2D eigenvalue weighted by molar-refractivity contribution is 0.145. The maximum absolute atomic E-state index is 8.87. The number of hydrazine groups is 1. The molecule has 6 heteroatoms. The van der Waals surface area contributed by atoms with Gasteiger partial charge in [0.25, 0.3) is 0 Å². The van der Waals surface area contributed by atoms with Crippen LogP contribution in [-0.4, -0.2) is 66.7 Å². The Labute approximate surface area is 103 Å². The number of aliphatic hydroxyl groups excluding tert-OH is 1. The summed E-state index contributed by atoms with van der Waals surface area (Å²) in [4.78, 5) is 8.88. The molecule has 1 aliphatic heterocycles. The minimum atomic E-state index is 0.226. The highest BCUT2D eigenvalue weighted by molar-refractivity contribution is 5.79. The fourth-order valence-electron chi connectivity index (χ4n) is 1.83. The van der Waals surface area contributed by atoms with E-state index < -0.39 is 0 Å². The predicted molar refractivity (Wildman–Crippen MR) is 69.6 cm³/mol. The average molecular weight is 243 g/mol. The number of β-amino-alcohol motifs (C(OH)–C–C–N with tert-alkyl or cyclic N) is 1. The van der Waals surface area contributed by atoms with Gasteiger partial charge in [-0.15, -0.1) is 0 Å². The van der Waals surface area contributed by atoms with Crippen LogP contribution >= 0.6 is 0 Å². The largest absolute Gasteiger partial charge is 0.395 e. The number of hydrogen-bond donors (Lipinski definition) is 3. The predicted octanol–water partition coefficient (Wildman–Crippen LogP) is -0.928. The Morgan fingerprint density at radius 3 is 2.47 bits per heavy atom. The molecule has 17 heavy (non-hydrogen) atoms. The van der Waals surface area contributed by atoms with Gasteiger partial charge in [0.2, 0.25) is 5.96 Å². The van der Waals surface area contributed by atoms with E-state index in [-0.39, 0.29) is 6.61 Å². The van der Waals surface area contributed by atoms with Crippen LogP contribution in [0.5, 0.6) is 0 Å². The van der Waals surface area contributed by atoms with Crippen molar-refractivity contribution in [3.63, 3.8) is 0 Å². The smallest absolute Gasteiger partial charge is 0.208 e. The van der Waals surface area contributed by atoms with Crippen LogP contribution in [0.25, 0.3) is 0 Å². The molecule has 0 unspecified atom stereocenters. The van der Waals surface area contributed by atoms with E-state index in [9.17, 15) is 0 Å². The number of aliphatic imine (C=N–C) groups is 1. The molecule has 1 fully saturated rings. The quantitative estimate of drug-likeness (QED) is 0.257. The Morgan fingerprint density at radius 1 is 1.35 bits per heavy atom. The van der Waals surface area contributed by atoms with Gasteiger partial charge < -0.3 is 10.0 Å². The zero-order valence-electron chi connectivity index (χ0n) is 10.9. The summed E-state index contributed by atoms with van der Waals surface area (Å²) in [6, 6.07) is 0. The Morgan fingerprint density at radius 2 is 2.00 bits per heavy atom. The Hall–Kier alpha value is -0.850. The van der Waals surface area contributed by atoms with Crippen molar-refractivity contribution in [1.82, 2.24) is 15.2 Å². The number of nitrogens with one attached hydrogen (secondary N) is 1. The van der Waals surface area contributed by atoms with E-state index in [0.717, 1.165) is 45.2 Å². The summed E-state index contributed by atoms with van der Waals surface area (Å²) in [6.45, 7) is 9.74. The molecular weight excluding hydrogens is 218 g/mol. The summed E-state index contributed by atoms with van der Waals surface area (Å²) >= 11 is 0. The van der Waals surface area contributed by atoms with Crippen LogP contribution in [0.15, 0.2) is 4.99 Å². The summed E-state index contributed by atoms with van der Waals surface area (Å²) in [5.74, 6) is 6.82. The molecule has 0 radical (unpaired) electrons. The molecule has 0 spiro atoms. The number of rotatable bonds is 4. The summed E-state index contributed by atoms with van der Waals surface area (Å²) in [5, 5.41) is 8.87. The first-order chi connectivity index (χ1) is 8.17. The number of guanidine groups is 1. The lowest BCUT2D eigenvalue weighted by Gasteiger charge is -2.35. The van der Waals surface area contributed by atoms with E-state index in [1.807, 2.05) is 0 Å². The lowest BCUT2D eigenvalue weighted by Crippen LogP contribution is -2.54. The molecule has 0 atom stereocenters. The molecule has 0 aromatic heterocycles. The van der Waals surface area contributed by atoms with Crippen LogP contribution in [0.1, 0.15) is 13.8 Å². The van der Waals surface area contributed by atoms with Gasteiger partial charge in [0.05, 0.1) is 6.61 Å². The SMILES string of the molecule is CC(C)CN=C(NN)N1CCN(CCO)CC1. The zero-order chi connectivity index (χ0) is 12.7. The molecule has 1 rings (SSSR count). The van der Waals surface area contributed by atoms with Crippen LogP contribution < -0.4 is 11.3 Å². The molecule has 1 saturated heterocycles. The lowest BCUT2D eigenvalue weighted by atomic mass is 10.2. The standard InChI is InChI=1S/C11H25N5O/c1-10(2)9-13-11(14-12)16-5-3-15(4-6-16)7-8-17/h10,17H,3-9,12H2,1-2H3,(H,13,14). The molecule has 0 aromatic carbocycles. The minimum absolute atomic E-state index is 0.226. The number of nitrogens with zero attached hydrogens (tertiary/aromatic N) is 3. The van der Waals surface area contributed by atoms with E-state index in [2.05, 4.69) is 34.1 Å². The maximum Gasteiger partial charge on any atom is 0.208 e. The van der Waals surface area contributed by atoms with Crippen molar-refractivity contribution < 1.29 is 5.11 Å². The van der Waals surface area contributed by atoms with Crippen molar-refractivity contribution >= 4 is 5.96 Å². The molecule has 0 aliphatic carbocycles. The van der Waals surface area contributed by atoms with Gasteiger partial charge in [0.1, 0.15) is 0 Å². The summed E-state index contributed by atoms with van der Waals surface area (Å²) in [7, 11) is 0. The van der Waals surface area contributed by atoms with Gasteiger partial charge in [-0.05, 0) is 5.92 Å². The van der Waals surface area contributed by atoms with Gasteiger partial charge in [-0.3, -0.25) is 15.3 Å². The monoisotopic (exact) mass is 243 g/mol. The Kier molecular flexibility index (Phi) is 6.25. The summed E-state index contributed by atoms with van der Waals surface area (Å²) < 4.78 is 0. The first-order valence-corrected chi connectivity index (χ1v) is 6.26. The molecule has 0 saturated carbocycles. The second-order valence-electron chi connectivity index (χ2n) is 4.75. The van der Waals surface area contributed by atoms with Crippen LogP contribution in [-0.2, 0) is 0 Å². The van der Waals surface area contributed by atoms with E-state index in [1.54, 1.807) is 0 Å². The molecule has 1 aliphatic rings. The third-order valence-electron chi connectivity index (χ3n) is 2.82. The number of nitrogens with two attached hydrogens (primary N) is 1. The second-order valence-corrected chi connectivity index (χ2v) is 4.75. The van der Waals surface area contributed by atoms with Crippen molar-refractivity contribution in [1.29, 1.82) is 0 Å². The third-order valence-corrected chi connectivity index (χ3v) is 2.82. The molecular formula is C11H25N5O. The van der Waals surface area contributed by atoms with E-state index >= 15 is 0 Å². The third kappa shape index (κ3) is 4.89. The van der Waals surface area contributed by atoms with Gasteiger partial charge in [0.15, 0.2) is 0 Å². The van der Waals surface area contributed by atoms with E-state index in [1.165, 1.54) is 0 Å². The average Bonchev–Trinajstić information content (AvgIpc) is 2.32. The van der Waals surface area contributed by atoms with Crippen LogP contribution in [0.2, 0.25) is 0 Å². The van der Waals surface area contributed by atoms with Gasteiger partial charge in [0, 0.05) is 39.3 Å². The normalized spacial score (nSPS) is 18.9. The van der Waals surface area contributed by atoms with Gasteiger partial charge >= 0.3 is 0 Å². The van der Waals surface area contributed by atoms with Crippen molar-refractivity contribution in [3.8, 4) is 0 Å². The fraction of sp³-hybridized carbons (Fsp3) is 0.909. The number of aliphatic hydroxyl groups is 1. The van der Waals surface area contributed by atoms with Crippen molar-refractivity contribution in [2.45, 2.75) is 13.8 Å². The van der Waals surface area contributed by atoms with Crippen molar-refractivity contribution in [3.05, 3.63) is 0 Å². The Bertz CT molecular complexity index is 236. The molecule has 100 valence electrons. The highest BCUT2D eigenvalue weighted by atomic mass is 16.3. The number of piperazine rings is 1. The molecule has 6 nitrogen and oxygen atoms in total. The van der Waals surface area contributed by atoms with E-state index in [4.69, 9.17) is 10.9 Å². The molecule has 0 amide bonds. The van der Waals surface area contributed by atoms with Gasteiger partial charge in [-0.1, -0.05) is 13.8 Å². The van der Waals surface area contributed by atoms with Crippen molar-refractivity contribution in [2.24, 2.45) is 16.8 Å². The minimum Gasteiger partial charge on any atom is -0.395 e. The zero-order valence-corrected chi connectivity index (χ0v) is 10.9. The van der Waals surface area contributed by atoms with Crippen LogP contribution in [0.4, 0.5) is 0 Å². The van der Waals surface area contributed by atoms with E-state index in [0.29, 0.717) is 5.92 Å². The molecule has 1 heterocycles. The summed E-state index contributed by atoms with van der Waals surface area (Å²) in [5.41, 5.74) is 2.68. The van der Waals surface area contributed by atoms with Crippen LogP contribution in [0.3, 0.4) is 0 Å². The highest BCUT2D eigenvalue weighted by Crippen LogP contribution is 2.02. The second kappa shape index (κ2) is 7.47. The molecule has 0 aromatic rings. The highest BCUT2D eigenvalue weighted by Gasteiger charge is 2.18. The first-order valence-electron chi connectivity index (χ1n) is 6.26. The number of hydrogen-bond acceptors (Lipinski definition) is 4. The van der Waals surface area contributed by atoms with Crippen LogP contribution in [0, 0.1) is 5.92 Å². The van der Waals surface area contributed by atoms with Crippen molar-refractivity contribution in [2.75, 3.05) is 45.9 Å².